The summed E-state index contributed by atoms with van der Waals surface area (Å²) in [6.45, 7) is 2.23. The van der Waals surface area contributed by atoms with Crippen molar-refractivity contribution in [2.24, 2.45) is 0 Å². The molecular weight excluding hydrogens is 289 g/mol. The standard InChI is InChI=1S/C15H32NO4P/c1-2-3-4-5-6-7-8-9-10-11-12-13-15(17)16-14-21(18,19)20/h2-14H2,1H3,(H,16,17)(H2,18,19,20). The van der Waals surface area contributed by atoms with Crippen LogP contribution < -0.4 is 5.32 Å². The summed E-state index contributed by atoms with van der Waals surface area (Å²) < 4.78 is 10.6. The van der Waals surface area contributed by atoms with Crippen molar-refractivity contribution in [2.75, 3.05) is 6.29 Å². The molecule has 126 valence electrons. The van der Waals surface area contributed by atoms with E-state index in [-0.39, 0.29) is 5.91 Å². The third-order valence-electron chi connectivity index (χ3n) is 3.49. The summed E-state index contributed by atoms with van der Waals surface area (Å²) in [6, 6.07) is 0. The molecule has 0 rings (SSSR count). The Morgan fingerprint density at radius 2 is 1.29 bits per heavy atom. The van der Waals surface area contributed by atoms with Gasteiger partial charge in [-0.05, 0) is 6.42 Å². The van der Waals surface area contributed by atoms with Crippen LogP contribution in [0.5, 0.6) is 0 Å². The van der Waals surface area contributed by atoms with Crippen molar-refractivity contribution in [3.05, 3.63) is 0 Å². The van der Waals surface area contributed by atoms with Crippen LogP contribution in [0.15, 0.2) is 0 Å². The first kappa shape index (κ1) is 20.6. The molecule has 3 N–H and O–H groups in total. The van der Waals surface area contributed by atoms with Crippen molar-refractivity contribution in [1.82, 2.24) is 5.32 Å². The minimum absolute atomic E-state index is 0.269. The van der Waals surface area contributed by atoms with Crippen molar-refractivity contribution in [3.63, 3.8) is 0 Å². The molecular formula is C15H32NO4P. The van der Waals surface area contributed by atoms with Gasteiger partial charge in [-0.25, -0.2) is 0 Å². The minimum atomic E-state index is -4.12. The van der Waals surface area contributed by atoms with Crippen LogP contribution in [0.2, 0.25) is 0 Å². The summed E-state index contributed by atoms with van der Waals surface area (Å²) in [4.78, 5) is 28.5. The normalized spacial score (nSPS) is 11.6. The molecule has 0 unspecified atom stereocenters. The van der Waals surface area contributed by atoms with Gasteiger partial charge in [0.15, 0.2) is 0 Å². The van der Waals surface area contributed by atoms with Crippen LogP contribution in [0.25, 0.3) is 0 Å². The topological polar surface area (TPSA) is 86.6 Å². The molecule has 0 aromatic carbocycles. The second-order valence-corrected chi connectivity index (χ2v) is 7.35. The molecule has 21 heavy (non-hydrogen) atoms. The van der Waals surface area contributed by atoms with E-state index in [1.54, 1.807) is 0 Å². The maximum Gasteiger partial charge on any atom is 0.344 e. The van der Waals surface area contributed by atoms with E-state index in [0.29, 0.717) is 6.42 Å². The number of nitrogens with one attached hydrogen (secondary N) is 1. The van der Waals surface area contributed by atoms with Crippen LogP contribution in [0.1, 0.15) is 84.0 Å². The Kier molecular flexibility index (Phi) is 13.1. The molecule has 5 nitrogen and oxygen atoms in total. The largest absolute Gasteiger partial charge is 0.344 e. The summed E-state index contributed by atoms with van der Waals surface area (Å²) in [5.74, 6) is -0.269. The maximum atomic E-state index is 11.3. The number of carbonyl (C=O) groups is 1. The van der Waals surface area contributed by atoms with Gasteiger partial charge in [-0.2, -0.15) is 0 Å². The Labute approximate surface area is 129 Å². The summed E-state index contributed by atoms with van der Waals surface area (Å²) in [7, 11) is -4.12. The van der Waals surface area contributed by atoms with Crippen molar-refractivity contribution in [2.45, 2.75) is 84.0 Å². The third kappa shape index (κ3) is 17.6. The Morgan fingerprint density at radius 3 is 1.71 bits per heavy atom. The van der Waals surface area contributed by atoms with Gasteiger partial charge in [-0.1, -0.05) is 71.1 Å². The average molecular weight is 321 g/mol. The molecule has 6 heteroatoms. The Hall–Kier alpha value is -0.380. The number of carbonyl (C=O) groups excluding carboxylic acids is 1. The highest BCUT2D eigenvalue weighted by Crippen LogP contribution is 2.31. The fourth-order valence-corrected chi connectivity index (χ4v) is 2.61. The van der Waals surface area contributed by atoms with Gasteiger partial charge in [-0.15, -0.1) is 0 Å². The van der Waals surface area contributed by atoms with Crippen molar-refractivity contribution in [3.8, 4) is 0 Å². The lowest BCUT2D eigenvalue weighted by atomic mass is 10.1. The second kappa shape index (κ2) is 13.3. The number of unbranched alkanes of at least 4 members (excludes halogenated alkanes) is 10. The van der Waals surface area contributed by atoms with Crippen LogP contribution in [-0.2, 0) is 9.36 Å². The van der Waals surface area contributed by atoms with Crippen LogP contribution in [0.3, 0.4) is 0 Å². The fraction of sp³-hybridized carbons (Fsp3) is 0.933. The van der Waals surface area contributed by atoms with Crippen LogP contribution >= 0.6 is 7.60 Å². The smallest absolute Gasteiger partial charge is 0.344 e. The average Bonchev–Trinajstić information content (AvgIpc) is 2.42. The van der Waals surface area contributed by atoms with Crippen molar-refractivity contribution in [1.29, 1.82) is 0 Å². The molecule has 0 atom stereocenters. The second-order valence-electron chi connectivity index (χ2n) is 5.71. The highest BCUT2D eigenvalue weighted by Gasteiger charge is 2.13. The van der Waals surface area contributed by atoms with E-state index in [2.05, 4.69) is 12.2 Å². The zero-order valence-electron chi connectivity index (χ0n) is 13.4. The molecule has 0 saturated heterocycles. The molecule has 0 aliphatic rings. The number of hydrogen-bond donors (Lipinski definition) is 3. The summed E-state index contributed by atoms with van der Waals surface area (Å²) in [5, 5.41) is 2.26. The zero-order valence-corrected chi connectivity index (χ0v) is 14.2. The SMILES string of the molecule is CCCCCCCCCCCCCC(=O)NCP(=O)(O)O. The monoisotopic (exact) mass is 321 g/mol. The molecule has 0 bridgehead atoms. The van der Waals surface area contributed by atoms with E-state index in [4.69, 9.17) is 9.79 Å². The third-order valence-corrected chi connectivity index (χ3v) is 4.06. The molecule has 0 aromatic rings. The molecule has 0 heterocycles. The Bertz CT molecular complexity index is 304. The van der Waals surface area contributed by atoms with Gasteiger partial charge in [0.2, 0.25) is 5.91 Å². The van der Waals surface area contributed by atoms with Crippen molar-refractivity contribution >= 4 is 13.5 Å². The summed E-state index contributed by atoms with van der Waals surface area (Å²) in [6.07, 6.45) is 13.3. The van der Waals surface area contributed by atoms with E-state index >= 15 is 0 Å². The number of rotatable bonds is 14. The highest BCUT2D eigenvalue weighted by molar-refractivity contribution is 7.51. The Balaban J connectivity index is 3.21. The van der Waals surface area contributed by atoms with Crippen LogP contribution in [-0.4, -0.2) is 22.0 Å². The molecule has 0 spiro atoms. The lowest BCUT2D eigenvalue weighted by Crippen LogP contribution is -2.23. The minimum Gasteiger partial charge on any atom is -0.344 e. The predicted molar refractivity (Wildman–Crippen MR) is 86.1 cm³/mol. The van der Waals surface area contributed by atoms with Gasteiger partial charge in [0.25, 0.3) is 0 Å². The van der Waals surface area contributed by atoms with Crippen LogP contribution in [0.4, 0.5) is 0 Å². The fourth-order valence-electron chi connectivity index (χ4n) is 2.23. The summed E-state index contributed by atoms with van der Waals surface area (Å²) >= 11 is 0. The van der Waals surface area contributed by atoms with Gasteiger partial charge in [0.05, 0.1) is 0 Å². The molecule has 0 radical (unpaired) electrons. The van der Waals surface area contributed by atoms with E-state index in [9.17, 15) is 9.36 Å². The molecule has 0 aliphatic heterocycles. The first-order valence-corrected chi connectivity index (χ1v) is 10.1. The van der Waals surface area contributed by atoms with E-state index < -0.39 is 13.9 Å². The van der Waals surface area contributed by atoms with Gasteiger partial charge in [0.1, 0.15) is 6.29 Å². The molecule has 0 aliphatic carbocycles. The quantitative estimate of drug-likeness (QED) is 0.334. The molecule has 0 saturated carbocycles. The molecule has 0 aromatic heterocycles. The van der Waals surface area contributed by atoms with E-state index in [0.717, 1.165) is 19.3 Å². The zero-order chi connectivity index (χ0) is 16.0. The molecule has 1 amide bonds. The number of amides is 1. The first-order valence-electron chi connectivity index (χ1n) is 8.27. The van der Waals surface area contributed by atoms with Gasteiger partial charge >= 0.3 is 7.60 Å². The maximum absolute atomic E-state index is 11.3. The van der Waals surface area contributed by atoms with Gasteiger partial charge in [-0.3, -0.25) is 9.36 Å². The van der Waals surface area contributed by atoms with Crippen LogP contribution in [0, 0.1) is 0 Å². The highest BCUT2D eigenvalue weighted by atomic mass is 31.2. The van der Waals surface area contributed by atoms with E-state index in [1.807, 2.05) is 0 Å². The molecule has 0 fully saturated rings. The number of hydrogen-bond acceptors (Lipinski definition) is 2. The Morgan fingerprint density at radius 1 is 0.857 bits per heavy atom. The van der Waals surface area contributed by atoms with Gasteiger partial charge < -0.3 is 15.1 Å². The van der Waals surface area contributed by atoms with E-state index in [1.165, 1.54) is 51.4 Å². The first-order chi connectivity index (χ1) is 9.95. The lowest BCUT2D eigenvalue weighted by Gasteiger charge is -2.06. The summed E-state index contributed by atoms with van der Waals surface area (Å²) in [5.41, 5.74) is 0. The van der Waals surface area contributed by atoms with Crippen molar-refractivity contribution < 1.29 is 19.1 Å². The van der Waals surface area contributed by atoms with Gasteiger partial charge in [0, 0.05) is 6.42 Å². The lowest BCUT2D eigenvalue weighted by molar-refractivity contribution is -0.120. The predicted octanol–water partition coefficient (Wildman–Crippen LogP) is 3.94.